The van der Waals surface area contributed by atoms with Gasteiger partial charge in [-0.25, -0.2) is 4.98 Å². The second-order valence-electron chi connectivity index (χ2n) is 6.19. The lowest BCUT2D eigenvalue weighted by atomic mass is 10.0. The second-order valence-corrected chi connectivity index (χ2v) is 7.05. The highest BCUT2D eigenvalue weighted by molar-refractivity contribution is 7.13. The topological polar surface area (TPSA) is 34.6 Å². The van der Waals surface area contributed by atoms with Crippen LogP contribution in [0.4, 0.5) is 0 Å². The summed E-state index contributed by atoms with van der Waals surface area (Å²) in [6, 6.07) is 5.87. The van der Waals surface area contributed by atoms with Gasteiger partial charge in [0.1, 0.15) is 16.5 Å². The van der Waals surface area contributed by atoms with Crippen LogP contribution in [0.2, 0.25) is 0 Å². The fourth-order valence-corrected chi connectivity index (χ4v) is 3.98. The molecule has 0 amide bonds. The Labute approximate surface area is 142 Å². The summed E-state index contributed by atoms with van der Waals surface area (Å²) in [6.07, 6.45) is 2.65. The van der Waals surface area contributed by atoms with E-state index in [0.717, 1.165) is 40.2 Å². The van der Waals surface area contributed by atoms with Crippen molar-refractivity contribution in [3.8, 4) is 22.1 Å². The molecule has 1 fully saturated rings. The zero-order chi connectivity index (χ0) is 16.2. The number of thiazole rings is 1. The van der Waals surface area contributed by atoms with E-state index in [2.05, 4.69) is 17.2 Å². The summed E-state index contributed by atoms with van der Waals surface area (Å²) in [5.41, 5.74) is 2.17. The maximum atomic E-state index is 5.49. The summed E-state index contributed by atoms with van der Waals surface area (Å²) in [6.45, 7) is 5.64. The van der Waals surface area contributed by atoms with E-state index in [1.807, 2.05) is 18.2 Å². The Bertz CT molecular complexity index is 656. The molecule has 3 rings (SSSR count). The number of nitrogens with zero attached hydrogens (tertiary/aromatic N) is 2. The second kappa shape index (κ2) is 7.32. The summed E-state index contributed by atoms with van der Waals surface area (Å²) >= 11 is 1.68. The Morgan fingerprint density at radius 2 is 2.17 bits per heavy atom. The Kier molecular flexibility index (Phi) is 5.18. The molecule has 0 bridgehead atoms. The lowest BCUT2D eigenvalue weighted by molar-refractivity contribution is 0.175. The first kappa shape index (κ1) is 16.3. The van der Waals surface area contributed by atoms with Crippen LogP contribution in [0.5, 0.6) is 11.5 Å². The molecular weight excluding hydrogens is 308 g/mol. The van der Waals surface area contributed by atoms with Crippen LogP contribution in [0.15, 0.2) is 23.6 Å². The summed E-state index contributed by atoms with van der Waals surface area (Å²) in [5, 5.41) is 3.17. The maximum absolute atomic E-state index is 5.49. The summed E-state index contributed by atoms with van der Waals surface area (Å²) < 4.78 is 10.8. The van der Waals surface area contributed by atoms with Crippen LogP contribution in [0.1, 0.15) is 25.5 Å². The van der Waals surface area contributed by atoms with Gasteiger partial charge < -0.3 is 9.47 Å². The predicted molar refractivity (Wildman–Crippen MR) is 94.3 cm³/mol. The molecule has 0 saturated carbocycles. The number of methoxy groups -OCH3 is 2. The zero-order valence-electron chi connectivity index (χ0n) is 14.0. The van der Waals surface area contributed by atoms with Gasteiger partial charge in [-0.05, 0) is 37.4 Å². The summed E-state index contributed by atoms with van der Waals surface area (Å²) in [4.78, 5) is 7.33. The van der Waals surface area contributed by atoms with Crippen molar-refractivity contribution < 1.29 is 9.47 Å². The summed E-state index contributed by atoms with van der Waals surface area (Å²) in [5.74, 6) is 2.39. The van der Waals surface area contributed by atoms with Gasteiger partial charge in [-0.2, -0.15) is 0 Å². The fraction of sp³-hybridized carbons (Fsp3) is 0.500. The standard InChI is InChI=1S/C18H24N2O2S/c1-13-5-4-8-20(10-13)11-14-12-23-18(19-14)16-7-6-15(21-2)9-17(16)22-3/h6-7,9,12-13H,4-5,8,10-11H2,1-3H3. The molecular formula is C18H24N2O2S. The molecule has 0 radical (unpaired) electrons. The third-order valence-electron chi connectivity index (χ3n) is 4.32. The van der Waals surface area contributed by atoms with Crippen molar-refractivity contribution in [1.82, 2.24) is 9.88 Å². The van der Waals surface area contributed by atoms with Gasteiger partial charge in [-0.3, -0.25) is 4.90 Å². The van der Waals surface area contributed by atoms with Gasteiger partial charge in [-0.15, -0.1) is 11.3 Å². The Balaban J connectivity index is 1.76. The van der Waals surface area contributed by atoms with Crippen molar-refractivity contribution in [2.24, 2.45) is 5.92 Å². The van der Waals surface area contributed by atoms with Crippen LogP contribution in [0.25, 0.3) is 10.6 Å². The van der Waals surface area contributed by atoms with E-state index < -0.39 is 0 Å². The van der Waals surface area contributed by atoms with Gasteiger partial charge in [0.05, 0.1) is 25.5 Å². The SMILES string of the molecule is COc1ccc(-c2nc(CN3CCCC(C)C3)cs2)c(OC)c1. The van der Waals surface area contributed by atoms with Gasteiger partial charge in [0.25, 0.3) is 0 Å². The molecule has 124 valence electrons. The van der Waals surface area contributed by atoms with E-state index in [9.17, 15) is 0 Å². The lowest BCUT2D eigenvalue weighted by Gasteiger charge is -2.30. The van der Waals surface area contributed by atoms with Crippen molar-refractivity contribution in [1.29, 1.82) is 0 Å². The predicted octanol–water partition coefficient (Wildman–Crippen LogP) is 4.06. The van der Waals surface area contributed by atoms with Crippen molar-refractivity contribution in [3.63, 3.8) is 0 Å². The molecule has 2 aromatic rings. The molecule has 1 aromatic heterocycles. The fourth-order valence-electron chi connectivity index (χ4n) is 3.14. The van der Waals surface area contributed by atoms with Crippen LogP contribution < -0.4 is 9.47 Å². The van der Waals surface area contributed by atoms with Gasteiger partial charge in [0.2, 0.25) is 0 Å². The highest BCUT2D eigenvalue weighted by Crippen LogP contribution is 2.35. The number of likely N-dealkylation sites (tertiary alicyclic amines) is 1. The average molecular weight is 332 g/mol. The zero-order valence-corrected chi connectivity index (χ0v) is 14.9. The third-order valence-corrected chi connectivity index (χ3v) is 5.24. The largest absolute Gasteiger partial charge is 0.497 e. The minimum absolute atomic E-state index is 0.795. The minimum atomic E-state index is 0.795. The van der Waals surface area contributed by atoms with Gasteiger partial charge in [0.15, 0.2) is 0 Å². The number of benzene rings is 1. The average Bonchev–Trinajstić information content (AvgIpc) is 3.02. The first-order valence-corrected chi connectivity index (χ1v) is 8.96. The van der Waals surface area contributed by atoms with Crippen molar-refractivity contribution >= 4 is 11.3 Å². The van der Waals surface area contributed by atoms with E-state index in [4.69, 9.17) is 14.5 Å². The highest BCUT2D eigenvalue weighted by Gasteiger charge is 2.18. The summed E-state index contributed by atoms with van der Waals surface area (Å²) in [7, 11) is 3.34. The normalized spacial score (nSPS) is 18.8. The van der Waals surface area contributed by atoms with E-state index in [-0.39, 0.29) is 0 Å². The smallest absolute Gasteiger partial charge is 0.132 e. The maximum Gasteiger partial charge on any atom is 0.132 e. The van der Waals surface area contributed by atoms with Crippen LogP contribution in [-0.4, -0.2) is 37.2 Å². The molecule has 5 heteroatoms. The molecule has 1 aliphatic rings. The van der Waals surface area contributed by atoms with E-state index >= 15 is 0 Å². The molecule has 1 unspecified atom stereocenters. The number of ether oxygens (including phenoxy) is 2. The van der Waals surface area contributed by atoms with Gasteiger partial charge in [-0.1, -0.05) is 6.92 Å². The number of rotatable bonds is 5. The molecule has 4 nitrogen and oxygen atoms in total. The Morgan fingerprint density at radius 3 is 2.91 bits per heavy atom. The molecule has 1 atom stereocenters. The monoisotopic (exact) mass is 332 g/mol. The molecule has 0 spiro atoms. The van der Waals surface area contributed by atoms with E-state index in [1.54, 1.807) is 25.6 Å². The third kappa shape index (κ3) is 3.85. The first-order valence-electron chi connectivity index (χ1n) is 8.08. The van der Waals surface area contributed by atoms with E-state index in [0.29, 0.717) is 0 Å². The number of hydrogen-bond donors (Lipinski definition) is 0. The van der Waals surface area contributed by atoms with Gasteiger partial charge >= 0.3 is 0 Å². The quantitative estimate of drug-likeness (QED) is 0.827. The first-order chi connectivity index (χ1) is 11.2. The van der Waals surface area contributed by atoms with Crippen LogP contribution in [-0.2, 0) is 6.54 Å². The molecule has 1 aliphatic heterocycles. The highest BCUT2D eigenvalue weighted by atomic mass is 32.1. The Hall–Kier alpha value is -1.59. The molecule has 2 heterocycles. The van der Waals surface area contributed by atoms with Crippen LogP contribution >= 0.6 is 11.3 Å². The number of hydrogen-bond acceptors (Lipinski definition) is 5. The van der Waals surface area contributed by atoms with Crippen molar-refractivity contribution in [2.75, 3.05) is 27.3 Å². The molecule has 1 saturated heterocycles. The molecule has 0 aliphatic carbocycles. The molecule has 1 aromatic carbocycles. The molecule has 0 N–H and O–H groups in total. The number of aromatic nitrogens is 1. The van der Waals surface area contributed by atoms with E-state index in [1.165, 1.54) is 25.9 Å². The van der Waals surface area contributed by atoms with Crippen LogP contribution in [0, 0.1) is 5.92 Å². The molecule has 23 heavy (non-hydrogen) atoms. The Morgan fingerprint density at radius 1 is 1.30 bits per heavy atom. The lowest BCUT2D eigenvalue weighted by Crippen LogP contribution is -2.33. The van der Waals surface area contributed by atoms with Crippen LogP contribution in [0.3, 0.4) is 0 Å². The van der Waals surface area contributed by atoms with Gasteiger partial charge in [0, 0.05) is 24.5 Å². The minimum Gasteiger partial charge on any atom is -0.497 e. The number of piperidine rings is 1. The van der Waals surface area contributed by atoms with Crippen molar-refractivity contribution in [3.05, 3.63) is 29.3 Å². The van der Waals surface area contributed by atoms with Crippen molar-refractivity contribution in [2.45, 2.75) is 26.3 Å².